The topological polar surface area (TPSA) is 30.0 Å². The van der Waals surface area contributed by atoms with E-state index < -0.39 is 17.4 Å². The molecule has 2 aromatic rings. The quantitative estimate of drug-likeness (QED) is 0.796. The number of carbonyl (C=O) groups is 1. The molecule has 0 saturated carbocycles. The van der Waals surface area contributed by atoms with Crippen LogP contribution in [0.4, 0.5) is 8.78 Å². The minimum absolute atomic E-state index is 0.0100. The van der Waals surface area contributed by atoms with Crippen molar-refractivity contribution in [2.45, 2.75) is 0 Å². The van der Waals surface area contributed by atoms with Gasteiger partial charge in [-0.2, -0.15) is 0 Å². The predicted octanol–water partition coefficient (Wildman–Crippen LogP) is 3.35. The van der Waals surface area contributed by atoms with Crippen molar-refractivity contribution in [1.29, 1.82) is 0 Å². The van der Waals surface area contributed by atoms with Gasteiger partial charge in [-0.3, -0.25) is 9.78 Å². The van der Waals surface area contributed by atoms with Gasteiger partial charge in [0.05, 0.1) is 11.8 Å². The Bertz CT molecular complexity index is 566. The Hall–Kier alpha value is -1.62. The Labute approximate surface area is 104 Å². The zero-order valence-electron chi connectivity index (χ0n) is 8.45. The van der Waals surface area contributed by atoms with Crippen molar-refractivity contribution < 1.29 is 13.6 Å². The standard InChI is InChI=1S/C12H6BrF2NO/c13-9-2-1-3-10(15)11(9)12(17)7-4-8(14)6-16-5-7/h1-6H. The number of carbonyl (C=O) groups excluding carboxylic acids is 1. The van der Waals surface area contributed by atoms with Gasteiger partial charge in [0, 0.05) is 16.2 Å². The Morgan fingerprint density at radius 1 is 1.24 bits per heavy atom. The first-order valence-corrected chi connectivity index (χ1v) is 5.48. The molecular weight excluding hydrogens is 292 g/mol. The van der Waals surface area contributed by atoms with Crippen molar-refractivity contribution in [1.82, 2.24) is 4.98 Å². The number of ketones is 1. The van der Waals surface area contributed by atoms with Crippen LogP contribution in [0.15, 0.2) is 41.1 Å². The summed E-state index contributed by atoms with van der Waals surface area (Å²) in [5.41, 5.74) is -0.115. The Balaban J connectivity index is 2.51. The Kier molecular flexibility index (Phi) is 3.28. The molecule has 1 aromatic heterocycles. The molecule has 2 nitrogen and oxygen atoms in total. The van der Waals surface area contributed by atoms with E-state index in [0.29, 0.717) is 4.47 Å². The van der Waals surface area contributed by atoms with Crippen LogP contribution in [0, 0.1) is 11.6 Å². The van der Waals surface area contributed by atoms with Crippen LogP contribution < -0.4 is 0 Å². The second kappa shape index (κ2) is 4.71. The molecule has 0 aliphatic heterocycles. The van der Waals surface area contributed by atoms with Crippen LogP contribution in [-0.4, -0.2) is 10.8 Å². The first-order chi connectivity index (χ1) is 8.09. The van der Waals surface area contributed by atoms with Crippen LogP contribution >= 0.6 is 15.9 Å². The first-order valence-electron chi connectivity index (χ1n) is 4.69. The van der Waals surface area contributed by atoms with E-state index in [9.17, 15) is 13.6 Å². The molecule has 1 heterocycles. The van der Waals surface area contributed by atoms with Crippen LogP contribution in [0.2, 0.25) is 0 Å². The molecule has 0 spiro atoms. The van der Waals surface area contributed by atoms with E-state index in [2.05, 4.69) is 20.9 Å². The van der Waals surface area contributed by atoms with Gasteiger partial charge in [-0.15, -0.1) is 0 Å². The zero-order chi connectivity index (χ0) is 12.4. The normalized spacial score (nSPS) is 10.3. The van der Waals surface area contributed by atoms with E-state index in [1.807, 2.05) is 0 Å². The summed E-state index contributed by atoms with van der Waals surface area (Å²) in [6.07, 6.45) is 2.18. The average molecular weight is 298 g/mol. The second-order valence-electron chi connectivity index (χ2n) is 3.32. The summed E-state index contributed by atoms with van der Waals surface area (Å²) in [5, 5.41) is 0. The van der Waals surface area contributed by atoms with Gasteiger partial charge in [-0.1, -0.05) is 6.07 Å². The number of rotatable bonds is 2. The van der Waals surface area contributed by atoms with Gasteiger partial charge in [0.1, 0.15) is 11.6 Å². The van der Waals surface area contributed by atoms with Crippen molar-refractivity contribution in [3.8, 4) is 0 Å². The van der Waals surface area contributed by atoms with Crippen LogP contribution in [-0.2, 0) is 0 Å². The van der Waals surface area contributed by atoms with E-state index in [0.717, 1.165) is 12.3 Å². The molecule has 0 unspecified atom stereocenters. The third-order valence-corrected chi connectivity index (χ3v) is 2.82. The van der Waals surface area contributed by atoms with Crippen molar-refractivity contribution in [2.75, 3.05) is 0 Å². The summed E-state index contributed by atoms with van der Waals surface area (Å²) in [5.74, 6) is -1.90. The largest absolute Gasteiger partial charge is 0.288 e. The van der Waals surface area contributed by atoms with Crippen LogP contribution in [0.25, 0.3) is 0 Å². The molecular formula is C12H6BrF2NO. The molecule has 86 valence electrons. The van der Waals surface area contributed by atoms with Crippen LogP contribution in [0.1, 0.15) is 15.9 Å². The lowest BCUT2D eigenvalue weighted by Gasteiger charge is -2.04. The van der Waals surface area contributed by atoms with Crippen molar-refractivity contribution in [3.63, 3.8) is 0 Å². The zero-order valence-corrected chi connectivity index (χ0v) is 10.0. The lowest BCUT2D eigenvalue weighted by Crippen LogP contribution is -2.06. The molecule has 0 atom stereocenters. The molecule has 0 aliphatic rings. The van der Waals surface area contributed by atoms with Crippen LogP contribution in [0.5, 0.6) is 0 Å². The molecule has 0 N–H and O–H groups in total. The summed E-state index contributed by atoms with van der Waals surface area (Å²) in [6.45, 7) is 0. The maximum absolute atomic E-state index is 13.5. The predicted molar refractivity (Wildman–Crippen MR) is 61.7 cm³/mol. The van der Waals surface area contributed by atoms with Crippen molar-refractivity contribution in [2.24, 2.45) is 0 Å². The first kappa shape index (κ1) is 11.9. The van der Waals surface area contributed by atoms with Gasteiger partial charge in [-0.05, 0) is 34.1 Å². The number of hydrogen-bond donors (Lipinski definition) is 0. The third-order valence-electron chi connectivity index (χ3n) is 2.16. The maximum Gasteiger partial charge on any atom is 0.198 e. The molecule has 0 amide bonds. The number of halogens is 3. The van der Waals surface area contributed by atoms with Gasteiger partial charge in [-0.25, -0.2) is 8.78 Å². The van der Waals surface area contributed by atoms with Crippen molar-refractivity contribution >= 4 is 21.7 Å². The number of pyridine rings is 1. The van der Waals surface area contributed by atoms with Gasteiger partial charge in [0.2, 0.25) is 0 Å². The average Bonchev–Trinajstić information content (AvgIpc) is 2.28. The minimum Gasteiger partial charge on any atom is -0.288 e. The Morgan fingerprint density at radius 2 is 2.00 bits per heavy atom. The molecule has 0 fully saturated rings. The van der Waals surface area contributed by atoms with E-state index in [1.54, 1.807) is 6.07 Å². The number of nitrogens with zero attached hydrogens (tertiary/aromatic N) is 1. The fourth-order valence-electron chi connectivity index (χ4n) is 1.40. The molecule has 0 radical (unpaired) electrons. The highest BCUT2D eigenvalue weighted by molar-refractivity contribution is 9.10. The summed E-state index contributed by atoms with van der Waals surface area (Å²) >= 11 is 3.09. The summed E-state index contributed by atoms with van der Waals surface area (Å²) in [4.78, 5) is 15.5. The van der Waals surface area contributed by atoms with Crippen LogP contribution in [0.3, 0.4) is 0 Å². The SMILES string of the molecule is O=C(c1cncc(F)c1)c1c(F)cccc1Br. The van der Waals surface area contributed by atoms with Gasteiger partial charge < -0.3 is 0 Å². The van der Waals surface area contributed by atoms with Crippen molar-refractivity contribution in [3.05, 3.63) is 63.9 Å². The Morgan fingerprint density at radius 3 is 2.65 bits per heavy atom. The summed E-state index contributed by atoms with van der Waals surface area (Å²) in [6, 6.07) is 5.21. The number of aromatic nitrogens is 1. The monoisotopic (exact) mass is 297 g/mol. The molecule has 1 aromatic carbocycles. The highest BCUT2D eigenvalue weighted by Gasteiger charge is 2.17. The van der Waals surface area contributed by atoms with E-state index >= 15 is 0 Å². The van der Waals surface area contributed by atoms with Gasteiger partial charge in [0.25, 0.3) is 0 Å². The van der Waals surface area contributed by atoms with E-state index in [-0.39, 0.29) is 11.1 Å². The highest BCUT2D eigenvalue weighted by atomic mass is 79.9. The molecule has 0 saturated heterocycles. The molecule has 0 aliphatic carbocycles. The second-order valence-corrected chi connectivity index (χ2v) is 4.17. The smallest absolute Gasteiger partial charge is 0.198 e. The number of benzene rings is 1. The summed E-state index contributed by atoms with van der Waals surface area (Å²) in [7, 11) is 0. The lowest BCUT2D eigenvalue weighted by molar-refractivity contribution is 0.103. The fraction of sp³-hybridized carbons (Fsp3) is 0. The molecule has 17 heavy (non-hydrogen) atoms. The summed E-state index contributed by atoms with van der Waals surface area (Å²) < 4.78 is 26.8. The van der Waals surface area contributed by atoms with Gasteiger partial charge >= 0.3 is 0 Å². The van der Waals surface area contributed by atoms with E-state index in [1.165, 1.54) is 18.3 Å². The molecule has 2 rings (SSSR count). The molecule has 5 heteroatoms. The fourth-order valence-corrected chi connectivity index (χ4v) is 1.92. The minimum atomic E-state index is -0.659. The highest BCUT2D eigenvalue weighted by Crippen LogP contribution is 2.22. The van der Waals surface area contributed by atoms with E-state index in [4.69, 9.17) is 0 Å². The van der Waals surface area contributed by atoms with Gasteiger partial charge in [0.15, 0.2) is 5.78 Å². The molecule has 0 bridgehead atoms. The maximum atomic E-state index is 13.5. The third kappa shape index (κ3) is 2.39. The lowest BCUT2D eigenvalue weighted by atomic mass is 10.0. The number of hydrogen-bond acceptors (Lipinski definition) is 2.